The second-order valence-electron chi connectivity index (χ2n) is 10.3. The van der Waals surface area contributed by atoms with Gasteiger partial charge < -0.3 is 29.5 Å². The number of aliphatic hydroxyl groups excluding tert-OH is 1. The highest BCUT2D eigenvalue weighted by Gasteiger charge is 2.24. The highest BCUT2D eigenvalue weighted by molar-refractivity contribution is 5.87. The average molecular weight is 518 g/mol. The molecule has 3 heterocycles. The van der Waals surface area contributed by atoms with Crippen LogP contribution in [0.25, 0.3) is 10.9 Å². The van der Waals surface area contributed by atoms with Gasteiger partial charge in [-0.2, -0.15) is 0 Å². The van der Waals surface area contributed by atoms with Gasteiger partial charge in [0.1, 0.15) is 35.8 Å². The smallest absolute Gasteiger partial charge is 0.145 e. The van der Waals surface area contributed by atoms with Crippen LogP contribution in [0.3, 0.4) is 0 Å². The molecule has 0 saturated carbocycles. The highest BCUT2D eigenvalue weighted by atomic mass is 16.5. The van der Waals surface area contributed by atoms with Gasteiger partial charge >= 0.3 is 0 Å². The molecule has 2 aromatic rings. The van der Waals surface area contributed by atoms with E-state index in [0.29, 0.717) is 12.6 Å². The number of likely N-dealkylation sites (tertiary alicyclic amines) is 1. The van der Waals surface area contributed by atoms with Crippen LogP contribution in [0.5, 0.6) is 5.75 Å². The van der Waals surface area contributed by atoms with Crippen molar-refractivity contribution in [1.29, 1.82) is 0 Å². The fourth-order valence-electron chi connectivity index (χ4n) is 5.70. The van der Waals surface area contributed by atoms with Crippen LogP contribution >= 0.6 is 0 Å². The van der Waals surface area contributed by atoms with Crippen molar-refractivity contribution in [2.24, 2.45) is 5.92 Å². The molecular weight excluding hydrogens is 478 g/mol. The molecule has 3 atom stereocenters. The molecule has 2 aliphatic heterocycles. The van der Waals surface area contributed by atoms with Gasteiger partial charge in [-0.05, 0) is 69.3 Å². The Balaban J connectivity index is 1.17. The summed E-state index contributed by atoms with van der Waals surface area (Å²) in [5.41, 5.74) is 3.15. The summed E-state index contributed by atoms with van der Waals surface area (Å²) in [6.07, 6.45) is 19.2. The molecule has 1 saturated heterocycles. The number of allylic oxidation sites excluding steroid dienone is 4. The van der Waals surface area contributed by atoms with Crippen molar-refractivity contribution >= 4 is 10.9 Å². The lowest BCUT2D eigenvalue weighted by molar-refractivity contribution is 0.115. The molecule has 0 bridgehead atoms. The number of aliphatic hydroxyl groups is 1. The minimum atomic E-state index is -0.581. The number of ether oxygens (including phenoxy) is 3. The molecule has 38 heavy (non-hydrogen) atoms. The Morgan fingerprint density at radius 1 is 1.21 bits per heavy atom. The second-order valence-corrected chi connectivity index (χ2v) is 10.3. The van der Waals surface area contributed by atoms with Gasteiger partial charge in [0.15, 0.2) is 0 Å². The maximum Gasteiger partial charge on any atom is 0.145 e. The van der Waals surface area contributed by atoms with Crippen molar-refractivity contribution in [1.82, 2.24) is 15.2 Å². The third-order valence-corrected chi connectivity index (χ3v) is 7.78. The second kappa shape index (κ2) is 13.1. The Hall–Kier alpha value is -3.13. The maximum absolute atomic E-state index is 11.2. The molecule has 3 aliphatic rings. The largest absolute Gasteiger partial charge is 0.494 e. The van der Waals surface area contributed by atoms with Crippen LogP contribution in [-0.4, -0.2) is 54.3 Å². The van der Waals surface area contributed by atoms with E-state index >= 15 is 0 Å². The number of aromatic nitrogens is 1. The third-order valence-electron chi connectivity index (χ3n) is 7.78. The molecule has 7 heteroatoms. The number of benzene rings is 1. The molecule has 1 aromatic carbocycles. The summed E-state index contributed by atoms with van der Waals surface area (Å²) in [7, 11) is 1.65. The summed E-state index contributed by atoms with van der Waals surface area (Å²) in [4.78, 5) is 6.87. The average Bonchev–Trinajstić information content (AvgIpc) is 3.20. The van der Waals surface area contributed by atoms with Gasteiger partial charge in [-0.1, -0.05) is 35.9 Å². The van der Waals surface area contributed by atoms with Crippen molar-refractivity contribution in [3.63, 3.8) is 0 Å². The Labute approximate surface area is 225 Å². The minimum Gasteiger partial charge on any atom is -0.494 e. The quantitative estimate of drug-likeness (QED) is 0.439. The zero-order valence-corrected chi connectivity index (χ0v) is 22.2. The number of methoxy groups -OCH3 is 1. The molecule has 202 valence electrons. The molecule has 5 rings (SSSR count). The molecule has 1 aliphatic carbocycles. The molecule has 2 N–H and O–H groups in total. The highest BCUT2D eigenvalue weighted by Crippen LogP contribution is 2.30. The van der Waals surface area contributed by atoms with Gasteiger partial charge in [0.2, 0.25) is 0 Å². The van der Waals surface area contributed by atoms with Gasteiger partial charge in [0.05, 0.1) is 13.2 Å². The predicted octanol–water partition coefficient (Wildman–Crippen LogP) is 5.36. The van der Waals surface area contributed by atoms with E-state index in [4.69, 9.17) is 14.2 Å². The van der Waals surface area contributed by atoms with Crippen LogP contribution in [0.2, 0.25) is 0 Å². The Morgan fingerprint density at radius 3 is 2.97 bits per heavy atom. The number of pyridine rings is 1. The summed E-state index contributed by atoms with van der Waals surface area (Å²) < 4.78 is 16.7. The first-order chi connectivity index (χ1) is 18.7. The number of β-amino-alcohol motifs (C(OH)–C–C–N with tert-alkyl or cyclic N) is 1. The number of nitrogens with one attached hydrogen (secondary N) is 1. The lowest BCUT2D eigenvalue weighted by Gasteiger charge is -2.26. The van der Waals surface area contributed by atoms with Crippen molar-refractivity contribution < 1.29 is 19.3 Å². The molecule has 7 nitrogen and oxygen atoms in total. The fourth-order valence-corrected chi connectivity index (χ4v) is 5.70. The van der Waals surface area contributed by atoms with E-state index in [1.165, 1.54) is 5.57 Å². The maximum atomic E-state index is 11.2. The zero-order valence-electron chi connectivity index (χ0n) is 22.2. The fraction of sp³-hybridized carbons (Fsp3) is 0.452. The number of rotatable bonds is 10. The Bertz CT molecular complexity index is 1200. The van der Waals surface area contributed by atoms with Gasteiger partial charge in [-0.3, -0.25) is 4.98 Å². The van der Waals surface area contributed by atoms with Gasteiger partial charge in [-0.25, -0.2) is 0 Å². The number of nitrogens with zero attached hydrogens (tertiary/aromatic N) is 2. The van der Waals surface area contributed by atoms with E-state index in [9.17, 15) is 5.11 Å². The number of hydrogen-bond acceptors (Lipinski definition) is 7. The summed E-state index contributed by atoms with van der Waals surface area (Å²) in [6.45, 7) is 3.39. The molecule has 1 aromatic heterocycles. The lowest BCUT2D eigenvalue weighted by atomic mass is 9.92. The first-order valence-electron chi connectivity index (χ1n) is 13.8. The van der Waals surface area contributed by atoms with Crippen LogP contribution in [0.15, 0.2) is 78.8 Å². The van der Waals surface area contributed by atoms with Crippen LogP contribution in [0, 0.1) is 5.92 Å². The standard InChI is InChI=1S/C31H39N3O4/c1-36-29-11-5-10-27-26(12-14-32-31(27)29)28(35)21-34-15-6-9-25(13-16-34)33-20-24(30-22-37-17-18-38-30)19-23-7-3-2-4-8-23/h2-3,5,7,10-12,14,17-18,22,24-25,28,33,35H,4,6,8-9,13,15-16,19-21H2,1H3. The first kappa shape index (κ1) is 26.5. The number of para-hydroxylation sites is 1. The van der Waals surface area contributed by atoms with Gasteiger partial charge in [-0.15, -0.1) is 0 Å². The molecule has 1 fully saturated rings. The van der Waals surface area contributed by atoms with E-state index in [2.05, 4.69) is 33.4 Å². The molecule has 0 radical (unpaired) electrons. The van der Waals surface area contributed by atoms with Gasteiger partial charge in [0.25, 0.3) is 0 Å². The molecule has 0 amide bonds. The van der Waals surface area contributed by atoms with Gasteiger partial charge in [0, 0.05) is 36.6 Å². The summed E-state index contributed by atoms with van der Waals surface area (Å²) in [5.74, 6) is 1.85. The topological polar surface area (TPSA) is 76.1 Å². The Kier molecular flexibility index (Phi) is 9.12. The molecular formula is C31H39N3O4. The summed E-state index contributed by atoms with van der Waals surface area (Å²) >= 11 is 0. The summed E-state index contributed by atoms with van der Waals surface area (Å²) in [5, 5.41) is 16.0. The summed E-state index contributed by atoms with van der Waals surface area (Å²) in [6, 6.07) is 8.22. The number of fused-ring (bicyclic) bond motifs is 1. The van der Waals surface area contributed by atoms with E-state index < -0.39 is 6.10 Å². The zero-order chi connectivity index (χ0) is 26.2. The molecule has 0 spiro atoms. The van der Waals surface area contributed by atoms with E-state index in [1.54, 1.807) is 32.1 Å². The van der Waals surface area contributed by atoms with E-state index in [0.717, 1.165) is 86.1 Å². The first-order valence-corrected chi connectivity index (χ1v) is 13.8. The van der Waals surface area contributed by atoms with E-state index in [1.807, 2.05) is 24.3 Å². The van der Waals surface area contributed by atoms with Crippen LogP contribution < -0.4 is 10.1 Å². The van der Waals surface area contributed by atoms with Crippen LogP contribution in [0.1, 0.15) is 50.2 Å². The normalized spacial score (nSPS) is 21.6. The molecule has 3 unspecified atom stereocenters. The SMILES string of the molecule is COc1cccc2c(C(O)CN3CCCC(NCC(CC4=CC=CCC4)C4=COC=CO4)CC3)ccnc12. The number of hydrogen-bond donors (Lipinski definition) is 2. The van der Waals surface area contributed by atoms with Crippen LogP contribution in [-0.2, 0) is 9.47 Å². The lowest BCUT2D eigenvalue weighted by Crippen LogP contribution is -2.36. The van der Waals surface area contributed by atoms with Crippen molar-refractivity contribution in [2.75, 3.05) is 33.3 Å². The monoisotopic (exact) mass is 517 g/mol. The van der Waals surface area contributed by atoms with Crippen LogP contribution in [0.4, 0.5) is 0 Å². The Morgan fingerprint density at radius 2 is 2.16 bits per heavy atom. The minimum absolute atomic E-state index is 0.232. The van der Waals surface area contributed by atoms with E-state index in [-0.39, 0.29) is 5.92 Å². The van der Waals surface area contributed by atoms with Crippen molar-refractivity contribution in [2.45, 2.75) is 50.7 Å². The van der Waals surface area contributed by atoms with Crippen molar-refractivity contribution in [3.8, 4) is 5.75 Å². The van der Waals surface area contributed by atoms with Crippen molar-refractivity contribution in [3.05, 3.63) is 84.4 Å². The predicted molar refractivity (Wildman–Crippen MR) is 149 cm³/mol. The third kappa shape index (κ3) is 6.65.